The zero-order valence-corrected chi connectivity index (χ0v) is 21.6. The fourth-order valence-electron chi connectivity index (χ4n) is 4.96. The minimum absolute atomic E-state index is 0.200. The highest BCUT2D eigenvalue weighted by Gasteiger charge is 2.47. The molecule has 0 atom stereocenters. The maximum Gasteiger partial charge on any atom is 0.293 e. The number of sulfonamides is 2. The van der Waals surface area contributed by atoms with Crippen molar-refractivity contribution in [1.82, 2.24) is 8.61 Å². The van der Waals surface area contributed by atoms with Crippen LogP contribution in [0.25, 0.3) is 0 Å². The topological polar surface area (TPSA) is 127 Å². The van der Waals surface area contributed by atoms with Crippen LogP contribution in [0.3, 0.4) is 0 Å². The molecule has 10 nitrogen and oxygen atoms in total. The minimum atomic E-state index is -4.11. The Bertz CT molecular complexity index is 1370. The summed E-state index contributed by atoms with van der Waals surface area (Å²) in [7, 11) is -6.41. The van der Waals surface area contributed by atoms with Gasteiger partial charge in [-0.25, -0.2) is 16.8 Å². The molecule has 12 heteroatoms. The summed E-state index contributed by atoms with van der Waals surface area (Å²) < 4.78 is 61.0. The van der Waals surface area contributed by atoms with Crippen molar-refractivity contribution >= 4 is 25.7 Å². The number of piperidine rings is 1. The number of benzene rings is 2. The van der Waals surface area contributed by atoms with E-state index in [1.807, 2.05) is 13.0 Å². The molecular weight excluding hydrogens is 494 g/mol. The highest BCUT2D eigenvalue weighted by molar-refractivity contribution is 7.89. The first-order chi connectivity index (χ1) is 16.4. The van der Waals surface area contributed by atoms with Gasteiger partial charge in [0.1, 0.15) is 5.75 Å². The smallest absolute Gasteiger partial charge is 0.293 e. The number of hydrogen-bond donors (Lipinski definition) is 0. The third-order valence-electron chi connectivity index (χ3n) is 7.13. The molecule has 0 N–H and O–H groups in total. The van der Waals surface area contributed by atoms with Crippen molar-refractivity contribution in [3.8, 4) is 5.75 Å². The molecule has 2 heterocycles. The number of nitrogens with zero attached hydrogens (tertiary/aromatic N) is 3. The van der Waals surface area contributed by atoms with Crippen molar-refractivity contribution < 1.29 is 26.5 Å². The molecule has 0 saturated carbocycles. The first kappa shape index (κ1) is 25.5. The van der Waals surface area contributed by atoms with E-state index in [1.165, 1.54) is 27.9 Å². The molecule has 0 radical (unpaired) electrons. The summed E-state index contributed by atoms with van der Waals surface area (Å²) in [6.07, 6.45) is 1.62. The highest BCUT2D eigenvalue weighted by atomic mass is 32.2. The standard InChI is InChI=1S/C23H29N3O7S2/c1-17-4-5-18(2)22(14-17)35(31,32)24-11-8-23(9-12-24)10-13-25(16-23)34(29,30)21-7-6-19(33-3)15-20(21)26(27)28/h4-7,14-15H,8-13,16H2,1-3H3. The number of nitro benzene ring substituents is 1. The Morgan fingerprint density at radius 1 is 0.886 bits per heavy atom. The van der Waals surface area contributed by atoms with Gasteiger partial charge in [-0.3, -0.25) is 10.1 Å². The van der Waals surface area contributed by atoms with Crippen LogP contribution in [0.15, 0.2) is 46.2 Å². The minimum Gasteiger partial charge on any atom is -0.497 e. The molecule has 2 aliphatic heterocycles. The van der Waals surface area contributed by atoms with Crippen LogP contribution in [-0.4, -0.2) is 63.7 Å². The second-order valence-electron chi connectivity index (χ2n) is 9.35. The lowest BCUT2D eigenvalue weighted by molar-refractivity contribution is -0.387. The van der Waals surface area contributed by atoms with Crippen LogP contribution in [0.1, 0.15) is 30.4 Å². The van der Waals surface area contributed by atoms with E-state index in [0.29, 0.717) is 42.8 Å². The van der Waals surface area contributed by atoms with Gasteiger partial charge in [-0.15, -0.1) is 0 Å². The number of nitro groups is 1. The lowest BCUT2D eigenvalue weighted by atomic mass is 9.78. The van der Waals surface area contributed by atoms with Crippen LogP contribution in [0.5, 0.6) is 5.75 Å². The zero-order valence-electron chi connectivity index (χ0n) is 19.9. The number of ether oxygens (including phenoxy) is 1. The van der Waals surface area contributed by atoms with Crippen molar-refractivity contribution in [2.45, 2.75) is 42.9 Å². The molecule has 0 amide bonds. The summed E-state index contributed by atoms with van der Waals surface area (Å²) in [6.45, 7) is 4.66. The van der Waals surface area contributed by atoms with E-state index in [4.69, 9.17) is 4.74 Å². The fourth-order valence-corrected chi connectivity index (χ4v) is 8.40. The summed E-state index contributed by atoms with van der Waals surface area (Å²) >= 11 is 0. The van der Waals surface area contributed by atoms with E-state index in [9.17, 15) is 26.9 Å². The number of rotatable bonds is 6. The first-order valence-corrected chi connectivity index (χ1v) is 14.2. The maximum absolute atomic E-state index is 13.3. The van der Waals surface area contributed by atoms with E-state index in [-0.39, 0.29) is 29.1 Å². The molecule has 190 valence electrons. The lowest BCUT2D eigenvalue weighted by Crippen LogP contribution is -2.44. The molecule has 1 spiro atoms. The molecule has 0 unspecified atom stereocenters. The van der Waals surface area contributed by atoms with Gasteiger partial charge in [0.25, 0.3) is 5.69 Å². The van der Waals surface area contributed by atoms with Crippen LogP contribution in [0.4, 0.5) is 5.69 Å². The van der Waals surface area contributed by atoms with Gasteiger partial charge in [-0.05, 0) is 67.9 Å². The van der Waals surface area contributed by atoms with Crippen molar-refractivity contribution in [2.75, 3.05) is 33.3 Å². The Morgan fingerprint density at radius 2 is 1.49 bits per heavy atom. The predicted molar refractivity (Wildman–Crippen MR) is 129 cm³/mol. The summed E-state index contributed by atoms with van der Waals surface area (Å²) in [4.78, 5) is 10.8. The highest BCUT2D eigenvalue weighted by Crippen LogP contribution is 2.44. The van der Waals surface area contributed by atoms with Gasteiger partial charge in [-0.2, -0.15) is 8.61 Å². The average Bonchev–Trinajstić information content (AvgIpc) is 3.24. The number of aryl methyl sites for hydroxylation is 2. The molecule has 2 saturated heterocycles. The second-order valence-corrected chi connectivity index (χ2v) is 13.2. The van der Waals surface area contributed by atoms with Crippen LogP contribution >= 0.6 is 0 Å². The Kier molecular flexibility index (Phi) is 6.68. The van der Waals surface area contributed by atoms with E-state index in [1.54, 1.807) is 19.1 Å². The third-order valence-corrected chi connectivity index (χ3v) is 11.1. The molecule has 0 aliphatic carbocycles. The van der Waals surface area contributed by atoms with Gasteiger partial charge < -0.3 is 4.74 Å². The van der Waals surface area contributed by atoms with E-state index in [2.05, 4.69) is 0 Å². The van der Waals surface area contributed by atoms with Gasteiger partial charge in [0.15, 0.2) is 4.90 Å². The van der Waals surface area contributed by atoms with Crippen LogP contribution in [-0.2, 0) is 20.0 Å². The third kappa shape index (κ3) is 4.67. The molecule has 2 aromatic rings. The zero-order chi connectivity index (χ0) is 25.6. The van der Waals surface area contributed by atoms with Crippen molar-refractivity contribution in [1.29, 1.82) is 0 Å². The van der Waals surface area contributed by atoms with Gasteiger partial charge in [0.05, 0.1) is 23.0 Å². The van der Waals surface area contributed by atoms with Gasteiger partial charge in [0, 0.05) is 26.2 Å². The molecule has 0 bridgehead atoms. The Balaban J connectivity index is 1.52. The average molecular weight is 524 g/mol. The summed E-state index contributed by atoms with van der Waals surface area (Å²) in [5.74, 6) is 0.200. The van der Waals surface area contributed by atoms with E-state index >= 15 is 0 Å². The normalized spacial score (nSPS) is 19.2. The Hall–Kier alpha value is -2.54. The second kappa shape index (κ2) is 9.16. The van der Waals surface area contributed by atoms with Crippen molar-refractivity contribution in [3.05, 3.63) is 57.6 Å². The Morgan fingerprint density at radius 3 is 2.09 bits per heavy atom. The lowest BCUT2D eigenvalue weighted by Gasteiger charge is -2.38. The number of hydrogen-bond acceptors (Lipinski definition) is 7. The molecular formula is C23H29N3O7S2. The summed E-state index contributed by atoms with van der Waals surface area (Å²) in [6, 6.07) is 9.06. The predicted octanol–water partition coefficient (Wildman–Crippen LogP) is 3.09. The molecule has 0 aromatic heterocycles. The monoisotopic (exact) mass is 523 g/mol. The quantitative estimate of drug-likeness (QED) is 0.420. The van der Waals surface area contributed by atoms with Crippen molar-refractivity contribution in [3.63, 3.8) is 0 Å². The summed E-state index contributed by atoms with van der Waals surface area (Å²) in [5, 5.41) is 11.5. The van der Waals surface area contributed by atoms with E-state index < -0.39 is 30.7 Å². The Labute approximate surface area is 205 Å². The largest absolute Gasteiger partial charge is 0.497 e. The van der Waals surface area contributed by atoms with Crippen molar-refractivity contribution in [2.24, 2.45) is 5.41 Å². The van der Waals surface area contributed by atoms with E-state index in [0.717, 1.165) is 11.6 Å². The summed E-state index contributed by atoms with van der Waals surface area (Å²) in [5.41, 5.74) is 0.670. The maximum atomic E-state index is 13.3. The SMILES string of the molecule is COc1ccc(S(=O)(=O)N2CCC3(CCN(S(=O)(=O)c4cc(C)ccc4C)CC3)C2)c([N+](=O)[O-])c1. The number of methoxy groups -OCH3 is 1. The molecule has 4 rings (SSSR count). The molecule has 2 fully saturated rings. The molecule has 2 aliphatic rings. The van der Waals surface area contributed by atoms with Gasteiger partial charge in [0.2, 0.25) is 20.0 Å². The molecule has 35 heavy (non-hydrogen) atoms. The van der Waals surface area contributed by atoms with Crippen LogP contribution in [0.2, 0.25) is 0 Å². The van der Waals surface area contributed by atoms with Crippen LogP contribution in [0, 0.1) is 29.4 Å². The van der Waals surface area contributed by atoms with Crippen LogP contribution < -0.4 is 4.74 Å². The molecule has 2 aromatic carbocycles. The van der Waals surface area contributed by atoms with Gasteiger partial charge in [-0.1, -0.05) is 12.1 Å². The first-order valence-electron chi connectivity index (χ1n) is 11.3. The fraction of sp³-hybridized carbons (Fsp3) is 0.478. The van der Waals surface area contributed by atoms with Gasteiger partial charge >= 0.3 is 0 Å².